The summed E-state index contributed by atoms with van der Waals surface area (Å²) in [5.41, 5.74) is 4.83. The Labute approximate surface area is 124 Å². The molecule has 0 atom stereocenters. The molecule has 1 saturated carbocycles. The van der Waals surface area contributed by atoms with Crippen LogP contribution >= 0.6 is 0 Å². The predicted molar refractivity (Wildman–Crippen MR) is 83.1 cm³/mol. The van der Waals surface area contributed by atoms with Crippen LogP contribution in [0, 0.1) is 0 Å². The average molecular weight is 281 g/mol. The minimum atomic E-state index is 0.602. The Balaban J connectivity index is 1.77. The summed E-state index contributed by atoms with van der Waals surface area (Å²) in [5, 5.41) is 4.08. The van der Waals surface area contributed by atoms with Gasteiger partial charge in [0.1, 0.15) is 13.4 Å². The minimum Gasteiger partial charge on any atom is -0.399 e. The van der Waals surface area contributed by atoms with Crippen molar-refractivity contribution in [1.29, 1.82) is 0 Å². The molecule has 4 nitrogen and oxygen atoms in total. The Morgan fingerprint density at radius 3 is 2.57 bits per heavy atom. The topological polar surface area (TPSA) is 47.4 Å². The summed E-state index contributed by atoms with van der Waals surface area (Å²) in [4.78, 5) is 13.1. The van der Waals surface area contributed by atoms with Gasteiger partial charge in [0, 0.05) is 18.0 Å². The Morgan fingerprint density at radius 1 is 1.10 bits per heavy atom. The van der Waals surface area contributed by atoms with Crippen molar-refractivity contribution in [2.75, 3.05) is 7.11 Å². The van der Waals surface area contributed by atoms with Gasteiger partial charge in [0.25, 0.3) is 0 Å². The highest BCUT2D eigenvalue weighted by molar-refractivity contribution is 5.84. The Kier molecular flexibility index (Phi) is 4.24. The molecule has 2 aromatic rings. The first-order valence-corrected chi connectivity index (χ1v) is 7.31. The van der Waals surface area contributed by atoms with Crippen molar-refractivity contribution < 1.29 is 4.84 Å². The number of aromatic nitrogens is 2. The lowest BCUT2D eigenvalue weighted by Gasteiger charge is -2.23. The smallest absolute Gasteiger partial charge is 0.115 e. The molecule has 1 aliphatic carbocycles. The predicted octanol–water partition coefficient (Wildman–Crippen LogP) is 3.80. The van der Waals surface area contributed by atoms with Crippen LogP contribution in [0.25, 0.3) is 11.1 Å². The minimum absolute atomic E-state index is 0.602. The third-order valence-corrected chi connectivity index (χ3v) is 4.04. The molecule has 0 amide bonds. The van der Waals surface area contributed by atoms with Crippen LogP contribution in [0.1, 0.15) is 37.2 Å². The second kappa shape index (κ2) is 6.48. The summed E-state index contributed by atoms with van der Waals surface area (Å²) >= 11 is 0. The number of hydrogen-bond acceptors (Lipinski definition) is 4. The molecular formula is C17H19N3O. The molecular weight excluding hydrogens is 262 g/mol. The second-order valence-corrected chi connectivity index (χ2v) is 5.37. The van der Waals surface area contributed by atoms with E-state index in [1.54, 1.807) is 13.4 Å². The van der Waals surface area contributed by atoms with E-state index in [0.29, 0.717) is 5.92 Å². The molecule has 108 valence electrons. The van der Waals surface area contributed by atoms with Gasteiger partial charge in [-0.25, -0.2) is 9.97 Å². The van der Waals surface area contributed by atoms with Gasteiger partial charge >= 0.3 is 0 Å². The van der Waals surface area contributed by atoms with Crippen LogP contribution in [0.15, 0.2) is 48.1 Å². The number of benzene rings is 1. The van der Waals surface area contributed by atoms with Crippen molar-refractivity contribution in [2.45, 2.75) is 31.6 Å². The maximum atomic E-state index is 4.87. The van der Waals surface area contributed by atoms with E-state index in [1.807, 2.05) is 12.4 Å². The molecule has 1 aromatic heterocycles. The fourth-order valence-corrected chi connectivity index (χ4v) is 2.93. The van der Waals surface area contributed by atoms with Crippen LogP contribution in [0.3, 0.4) is 0 Å². The summed E-state index contributed by atoms with van der Waals surface area (Å²) in [6.45, 7) is 0. The first-order chi connectivity index (χ1) is 10.4. The van der Waals surface area contributed by atoms with E-state index in [-0.39, 0.29) is 0 Å². The highest BCUT2D eigenvalue weighted by Crippen LogP contribution is 2.33. The molecule has 21 heavy (non-hydrogen) atoms. The van der Waals surface area contributed by atoms with Crippen molar-refractivity contribution in [2.24, 2.45) is 5.16 Å². The van der Waals surface area contributed by atoms with Crippen molar-refractivity contribution >= 4 is 5.71 Å². The Hall–Kier alpha value is -2.23. The van der Waals surface area contributed by atoms with E-state index in [9.17, 15) is 0 Å². The van der Waals surface area contributed by atoms with Gasteiger partial charge in [0.15, 0.2) is 0 Å². The molecule has 3 rings (SSSR count). The maximum Gasteiger partial charge on any atom is 0.115 e. The highest BCUT2D eigenvalue weighted by Gasteiger charge is 2.19. The van der Waals surface area contributed by atoms with E-state index in [1.165, 1.54) is 16.8 Å². The summed E-state index contributed by atoms with van der Waals surface area (Å²) in [6.07, 6.45) is 9.60. The van der Waals surface area contributed by atoms with E-state index in [2.05, 4.69) is 39.4 Å². The van der Waals surface area contributed by atoms with Gasteiger partial charge in [0.2, 0.25) is 0 Å². The first-order valence-electron chi connectivity index (χ1n) is 7.31. The molecule has 0 spiro atoms. The number of nitrogens with zero attached hydrogens (tertiary/aromatic N) is 3. The quantitative estimate of drug-likeness (QED) is 0.804. The zero-order valence-electron chi connectivity index (χ0n) is 12.2. The molecule has 0 aliphatic heterocycles. The van der Waals surface area contributed by atoms with Crippen LogP contribution in [0.2, 0.25) is 0 Å². The maximum absolute atomic E-state index is 4.87. The zero-order chi connectivity index (χ0) is 14.5. The third-order valence-electron chi connectivity index (χ3n) is 4.04. The lowest BCUT2D eigenvalue weighted by Crippen LogP contribution is -2.13. The van der Waals surface area contributed by atoms with E-state index in [4.69, 9.17) is 4.84 Å². The van der Waals surface area contributed by atoms with E-state index in [0.717, 1.165) is 31.2 Å². The molecule has 1 heterocycles. The summed E-state index contributed by atoms with van der Waals surface area (Å²) in [6, 6.07) is 8.72. The van der Waals surface area contributed by atoms with Crippen LogP contribution < -0.4 is 0 Å². The largest absolute Gasteiger partial charge is 0.399 e. The summed E-state index contributed by atoms with van der Waals surface area (Å²) < 4.78 is 0. The van der Waals surface area contributed by atoms with Gasteiger partial charge in [-0.3, -0.25) is 0 Å². The van der Waals surface area contributed by atoms with Gasteiger partial charge in [-0.1, -0.05) is 29.4 Å². The molecule has 0 bridgehead atoms. The van der Waals surface area contributed by atoms with Gasteiger partial charge in [-0.2, -0.15) is 0 Å². The fraction of sp³-hybridized carbons (Fsp3) is 0.353. The highest BCUT2D eigenvalue weighted by atomic mass is 16.6. The van der Waals surface area contributed by atoms with Gasteiger partial charge in [-0.05, 0) is 42.7 Å². The lowest BCUT2D eigenvalue weighted by molar-refractivity contribution is 0.210. The average Bonchev–Trinajstić information content (AvgIpc) is 2.57. The molecule has 0 unspecified atom stereocenters. The zero-order valence-corrected chi connectivity index (χ0v) is 12.2. The molecule has 0 radical (unpaired) electrons. The van der Waals surface area contributed by atoms with Crippen molar-refractivity contribution in [3.8, 4) is 11.1 Å². The number of rotatable bonds is 3. The van der Waals surface area contributed by atoms with Crippen molar-refractivity contribution in [3.63, 3.8) is 0 Å². The summed E-state index contributed by atoms with van der Waals surface area (Å²) in [7, 11) is 1.62. The molecule has 1 aromatic carbocycles. The third kappa shape index (κ3) is 3.27. The van der Waals surface area contributed by atoms with Crippen molar-refractivity contribution in [3.05, 3.63) is 48.5 Å². The Bertz CT molecular complexity index is 615. The van der Waals surface area contributed by atoms with Crippen LogP contribution in [0.5, 0.6) is 0 Å². The molecule has 1 aliphatic rings. The van der Waals surface area contributed by atoms with E-state index < -0.39 is 0 Å². The van der Waals surface area contributed by atoms with Crippen LogP contribution in [0.4, 0.5) is 0 Å². The molecule has 4 heteroatoms. The van der Waals surface area contributed by atoms with Crippen LogP contribution in [-0.2, 0) is 4.84 Å². The Morgan fingerprint density at radius 2 is 1.86 bits per heavy atom. The SMILES string of the molecule is CON=C1CCC(c2cccc(-c3cncnc3)c2)CC1. The standard InChI is InChI=1S/C17H19N3O/c1-21-20-17-7-5-13(6-8-17)14-3-2-4-15(9-14)16-10-18-12-19-11-16/h2-4,9-13H,5-8H2,1H3. The van der Waals surface area contributed by atoms with Gasteiger partial charge < -0.3 is 4.84 Å². The monoisotopic (exact) mass is 281 g/mol. The van der Waals surface area contributed by atoms with Gasteiger partial charge in [-0.15, -0.1) is 0 Å². The second-order valence-electron chi connectivity index (χ2n) is 5.37. The molecule has 1 fully saturated rings. The molecule has 0 N–H and O–H groups in total. The normalized spacial score (nSPS) is 18.3. The van der Waals surface area contributed by atoms with E-state index >= 15 is 0 Å². The van der Waals surface area contributed by atoms with Gasteiger partial charge in [0.05, 0.1) is 5.71 Å². The lowest BCUT2D eigenvalue weighted by atomic mass is 9.82. The summed E-state index contributed by atoms with van der Waals surface area (Å²) in [5.74, 6) is 0.602. The number of hydrogen-bond donors (Lipinski definition) is 0. The fourth-order valence-electron chi connectivity index (χ4n) is 2.93. The number of oxime groups is 1. The van der Waals surface area contributed by atoms with Crippen LogP contribution in [-0.4, -0.2) is 22.8 Å². The van der Waals surface area contributed by atoms with Crippen molar-refractivity contribution in [1.82, 2.24) is 9.97 Å². The molecule has 0 saturated heterocycles. The first kappa shape index (κ1) is 13.7.